The molecule has 0 heterocycles. The van der Waals surface area contributed by atoms with Gasteiger partial charge in [-0.2, -0.15) is 17.6 Å². The van der Waals surface area contributed by atoms with Crippen LogP contribution in [0.2, 0.25) is 0 Å². The van der Waals surface area contributed by atoms with Crippen LogP contribution in [-0.4, -0.2) is 23.3 Å². The van der Waals surface area contributed by atoms with Gasteiger partial charge in [0.05, 0.1) is 0 Å². The average Bonchev–Trinajstić information content (AvgIpc) is 1.54. The second-order valence-electron chi connectivity index (χ2n) is 1.62. The van der Waals surface area contributed by atoms with Crippen LogP contribution >= 0.6 is 0 Å². The number of hydrogen-bond acceptors (Lipinski definition) is 2. The van der Waals surface area contributed by atoms with E-state index in [0.29, 0.717) is 0 Å². The van der Waals surface area contributed by atoms with Crippen molar-refractivity contribution in [3.05, 3.63) is 0 Å². The van der Waals surface area contributed by atoms with Gasteiger partial charge < -0.3 is 5.11 Å². The summed E-state index contributed by atoms with van der Waals surface area (Å²) in [5.74, 6) is -6.09. The Hall–Kier alpha value is -1.14. The van der Waals surface area contributed by atoms with E-state index < -0.39 is 24.1 Å². The predicted octanol–water partition coefficient (Wildman–Crippen LogP) is 0.746. The number of halogens is 4. The summed E-state index contributed by atoms with van der Waals surface area (Å²) < 4.78 is 45.5. The van der Waals surface area contributed by atoms with Crippen molar-refractivity contribution >= 4 is 12.0 Å². The Bertz CT molecular complexity index is 170. The summed E-state index contributed by atoms with van der Waals surface area (Å²) >= 11 is 0. The standard InChI is InChI=1S/C4H2F4O3/c5-2(9)1(3(10)11)4(6,7)8/h1H,(H,10,11). The molecule has 0 aliphatic heterocycles. The number of hydrogen-bond donors (Lipinski definition) is 1. The van der Waals surface area contributed by atoms with Gasteiger partial charge in [0.1, 0.15) is 0 Å². The number of carboxylic acid groups (broad SMARTS) is 1. The lowest BCUT2D eigenvalue weighted by Gasteiger charge is -2.09. The fourth-order valence-electron chi connectivity index (χ4n) is 0.366. The van der Waals surface area contributed by atoms with Gasteiger partial charge in [-0.25, -0.2) is 0 Å². The molecule has 3 nitrogen and oxygen atoms in total. The Morgan fingerprint density at radius 3 is 1.64 bits per heavy atom. The first-order valence-electron chi connectivity index (χ1n) is 2.25. The Labute approximate surface area is 57.6 Å². The van der Waals surface area contributed by atoms with Crippen molar-refractivity contribution in [2.24, 2.45) is 5.92 Å². The molecule has 0 rings (SSSR count). The maximum atomic E-state index is 11.4. The van der Waals surface area contributed by atoms with Gasteiger partial charge in [0.15, 0.2) is 0 Å². The van der Waals surface area contributed by atoms with Crippen molar-refractivity contribution in [1.82, 2.24) is 0 Å². The van der Waals surface area contributed by atoms with Crippen LogP contribution < -0.4 is 0 Å². The highest BCUT2D eigenvalue weighted by Gasteiger charge is 2.50. The third kappa shape index (κ3) is 2.52. The molecule has 0 amide bonds. The van der Waals surface area contributed by atoms with E-state index >= 15 is 0 Å². The molecular formula is C4H2F4O3. The number of rotatable bonds is 2. The van der Waals surface area contributed by atoms with Gasteiger partial charge in [0, 0.05) is 0 Å². The molecule has 0 spiro atoms. The van der Waals surface area contributed by atoms with Gasteiger partial charge in [-0.15, -0.1) is 0 Å². The van der Waals surface area contributed by atoms with E-state index in [1.54, 1.807) is 0 Å². The maximum absolute atomic E-state index is 11.4. The highest BCUT2D eigenvalue weighted by atomic mass is 19.4. The van der Waals surface area contributed by atoms with Crippen LogP contribution in [0, 0.1) is 5.92 Å². The SMILES string of the molecule is O=C(O)C(C(=O)F)C(F)(F)F. The first-order chi connectivity index (χ1) is 4.76. The van der Waals surface area contributed by atoms with E-state index in [9.17, 15) is 27.2 Å². The molecular weight excluding hydrogens is 172 g/mol. The lowest BCUT2D eigenvalue weighted by atomic mass is 10.1. The van der Waals surface area contributed by atoms with Crippen LogP contribution in [0.4, 0.5) is 17.6 Å². The Morgan fingerprint density at radius 2 is 1.64 bits per heavy atom. The van der Waals surface area contributed by atoms with Crippen molar-refractivity contribution in [2.45, 2.75) is 6.18 Å². The zero-order chi connectivity index (χ0) is 9.23. The molecule has 7 heteroatoms. The number of carboxylic acids is 1. The van der Waals surface area contributed by atoms with Crippen molar-refractivity contribution in [1.29, 1.82) is 0 Å². The number of carbonyl (C=O) groups excluding carboxylic acids is 1. The fourth-order valence-corrected chi connectivity index (χ4v) is 0.366. The molecule has 1 N–H and O–H groups in total. The van der Waals surface area contributed by atoms with Crippen molar-refractivity contribution in [2.75, 3.05) is 0 Å². The minimum absolute atomic E-state index is 2.54. The van der Waals surface area contributed by atoms with Crippen LogP contribution in [0.1, 0.15) is 0 Å². The predicted molar refractivity (Wildman–Crippen MR) is 23.3 cm³/mol. The quantitative estimate of drug-likeness (QED) is 0.381. The summed E-state index contributed by atoms with van der Waals surface area (Å²) in [7, 11) is 0. The van der Waals surface area contributed by atoms with Crippen LogP contribution in [-0.2, 0) is 9.59 Å². The highest BCUT2D eigenvalue weighted by molar-refractivity contribution is 5.94. The summed E-state index contributed by atoms with van der Waals surface area (Å²) in [6, 6.07) is -2.91. The molecule has 0 bridgehead atoms. The molecule has 0 aliphatic rings. The molecule has 0 saturated heterocycles. The summed E-state index contributed by atoms with van der Waals surface area (Å²) in [4.78, 5) is 19.1. The smallest absolute Gasteiger partial charge is 0.411 e. The molecule has 0 aromatic heterocycles. The molecule has 64 valence electrons. The summed E-state index contributed by atoms with van der Waals surface area (Å²) in [6.07, 6.45) is -5.36. The molecule has 1 unspecified atom stereocenters. The molecule has 0 aromatic carbocycles. The Morgan fingerprint density at radius 1 is 1.27 bits per heavy atom. The lowest BCUT2D eigenvalue weighted by molar-refractivity contribution is -0.199. The second-order valence-corrected chi connectivity index (χ2v) is 1.62. The third-order valence-corrected chi connectivity index (χ3v) is 0.801. The molecule has 0 saturated carbocycles. The van der Waals surface area contributed by atoms with Crippen molar-refractivity contribution in [3.63, 3.8) is 0 Å². The van der Waals surface area contributed by atoms with Gasteiger partial charge in [-0.05, 0) is 0 Å². The van der Waals surface area contributed by atoms with Crippen molar-refractivity contribution in [3.8, 4) is 0 Å². The van der Waals surface area contributed by atoms with E-state index in [1.807, 2.05) is 0 Å². The molecule has 0 aromatic rings. The number of aliphatic carboxylic acids is 1. The normalized spacial score (nSPS) is 14.2. The second kappa shape index (κ2) is 2.85. The summed E-state index contributed by atoms with van der Waals surface area (Å²) in [5.41, 5.74) is 0. The summed E-state index contributed by atoms with van der Waals surface area (Å²) in [6.45, 7) is 0. The molecule has 11 heavy (non-hydrogen) atoms. The van der Waals surface area contributed by atoms with Gasteiger partial charge in [-0.1, -0.05) is 0 Å². The lowest BCUT2D eigenvalue weighted by Crippen LogP contribution is -2.35. The van der Waals surface area contributed by atoms with Gasteiger partial charge in [-0.3, -0.25) is 9.59 Å². The minimum atomic E-state index is -5.36. The topological polar surface area (TPSA) is 54.4 Å². The Kier molecular flexibility index (Phi) is 2.55. The first kappa shape index (κ1) is 9.86. The van der Waals surface area contributed by atoms with Crippen molar-refractivity contribution < 1.29 is 32.3 Å². The number of carbonyl (C=O) groups is 2. The average molecular weight is 174 g/mol. The van der Waals surface area contributed by atoms with Crippen LogP contribution in [0.25, 0.3) is 0 Å². The fraction of sp³-hybridized carbons (Fsp3) is 0.500. The van der Waals surface area contributed by atoms with Crippen LogP contribution in [0.3, 0.4) is 0 Å². The minimum Gasteiger partial charge on any atom is -0.480 e. The molecule has 1 atom stereocenters. The molecule has 0 fully saturated rings. The van der Waals surface area contributed by atoms with Gasteiger partial charge >= 0.3 is 18.2 Å². The molecule has 0 aliphatic carbocycles. The van der Waals surface area contributed by atoms with E-state index in [4.69, 9.17) is 5.11 Å². The Balaban J connectivity index is 4.63. The van der Waals surface area contributed by atoms with Crippen LogP contribution in [0.15, 0.2) is 0 Å². The maximum Gasteiger partial charge on any atom is 0.411 e. The van der Waals surface area contributed by atoms with E-state index in [2.05, 4.69) is 0 Å². The zero-order valence-corrected chi connectivity index (χ0v) is 4.85. The largest absolute Gasteiger partial charge is 0.480 e. The first-order valence-corrected chi connectivity index (χ1v) is 2.25. The van der Waals surface area contributed by atoms with E-state index in [-0.39, 0.29) is 0 Å². The van der Waals surface area contributed by atoms with E-state index in [1.165, 1.54) is 0 Å². The van der Waals surface area contributed by atoms with Crippen LogP contribution in [0.5, 0.6) is 0 Å². The highest BCUT2D eigenvalue weighted by Crippen LogP contribution is 2.27. The third-order valence-electron chi connectivity index (χ3n) is 0.801. The van der Waals surface area contributed by atoms with Gasteiger partial charge in [0.2, 0.25) is 5.92 Å². The molecule has 0 radical (unpaired) electrons. The number of alkyl halides is 3. The summed E-state index contributed by atoms with van der Waals surface area (Å²) in [5, 5.41) is 7.70. The van der Waals surface area contributed by atoms with E-state index in [0.717, 1.165) is 0 Å². The zero-order valence-electron chi connectivity index (χ0n) is 4.85. The van der Waals surface area contributed by atoms with Gasteiger partial charge in [0.25, 0.3) is 0 Å². The monoisotopic (exact) mass is 174 g/mol.